The van der Waals surface area contributed by atoms with Crippen molar-refractivity contribution in [2.45, 2.75) is 39.0 Å². The Bertz CT molecular complexity index is 260. The first-order valence-electron chi connectivity index (χ1n) is 5.39. The second-order valence-electron chi connectivity index (χ2n) is 3.68. The third-order valence-electron chi connectivity index (χ3n) is 2.58. The van der Waals surface area contributed by atoms with Crippen molar-refractivity contribution in [3.8, 4) is 0 Å². The number of ether oxygens (including phenoxy) is 1. The zero-order valence-corrected chi connectivity index (χ0v) is 9.44. The van der Waals surface area contributed by atoms with E-state index < -0.39 is 0 Å². The number of hydrogen-bond acceptors (Lipinski definition) is 3. The maximum Gasteiger partial charge on any atom is 0.0721 e. The van der Waals surface area contributed by atoms with Crippen LogP contribution in [-0.4, -0.2) is 12.1 Å². The van der Waals surface area contributed by atoms with Gasteiger partial charge in [0.05, 0.1) is 12.7 Å². The summed E-state index contributed by atoms with van der Waals surface area (Å²) in [5, 5.41) is 0. The first kappa shape index (κ1) is 12.2. The summed E-state index contributed by atoms with van der Waals surface area (Å²) < 4.78 is 5.73. The zero-order chi connectivity index (χ0) is 11.1. The van der Waals surface area contributed by atoms with Gasteiger partial charge in [-0.25, -0.2) is 0 Å². The lowest BCUT2D eigenvalue weighted by atomic mass is 10.1. The van der Waals surface area contributed by atoms with Gasteiger partial charge in [0.25, 0.3) is 0 Å². The molecule has 0 aliphatic heterocycles. The highest BCUT2D eigenvalue weighted by molar-refractivity contribution is 5.13. The molecule has 0 aromatic heterocycles. The van der Waals surface area contributed by atoms with Crippen LogP contribution in [0.15, 0.2) is 30.3 Å². The Morgan fingerprint density at radius 1 is 1.33 bits per heavy atom. The Kier molecular flexibility index (Phi) is 5.32. The first-order valence-corrected chi connectivity index (χ1v) is 5.39. The van der Waals surface area contributed by atoms with Gasteiger partial charge in [0, 0.05) is 6.04 Å². The molecular formula is C12H20N2O. The molecule has 0 saturated heterocycles. The molecule has 0 radical (unpaired) electrons. The SMILES string of the molecule is CC[C@@H](NN)[C@@H](C)OCc1ccccc1. The second-order valence-corrected chi connectivity index (χ2v) is 3.68. The number of nitrogens with one attached hydrogen (secondary N) is 1. The third-order valence-corrected chi connectivity index (χ3v) is 2.58. The van der Waals surface area contributed by atoms with Crippen LogP contribution in [0.1, 0.15) is 25.8 Å². The number of nitrogens with two attached hydrogens (primary N) is 1. The van der Waals surface area contributed by atoms with Gasteiger partial charge in [0.1, 0.15) is 0 Å². The van der Waals surface area contributed by atoms with Crippen molar-refractivity contribution in [2.75, 3.05) is 0 Å². The maximum atomic E-state index is 5.73. The number of rotatable bonds is 6. The van der Waals surface area contributed by atoms with E-state index in [2.05, 4.69) is 24.5 Å². The molecule has 0 amide bonds. The highest BCUT2D eigenvalue weighted by Crippen LogP contribution is 2.07. The van der Waals surface area contributed by atoms with Crippen LogP contribution < -0.4 is 11.3 Å². The predicted molar refractivity (Wildman–Crippen MR) is 62.1 cm³/mol. The van der Waals surface area contributed by atoms with Crippen molar-refractivity contribution in [2.24, 2.45) is 5.84 Å². The summed E-state index contributed by atoms with van der Waals surface area (Å²) in [4.78, 5) is 0. The third kappa shape index (κ3) is 4.00. The monoisotopic (exact) mass is 208 g/mol. The van der Waals surface area contributed by atoms with E-state index in [-0.39, 0.29) is 12.1 Å². The summed E-state index contributed by atoms with van der Waals surface area (Å²) in [5.41, 5.74) is 3.95. The molecule has 1 rings (SSSR count). The molecule has 0 bridgehead atoms. The van der Waals surface area contributed by atoms with Gasteiger partial charge in [-0.1, -0.05) is 37.3 Å². The Hall–Kier alpha value is -0.900. The van der Waals surface area contributed by atoms with Gasteiger partial charge < -0.3 is 4.74 Å². The van der Waals surface area contributed by atoms with Crippen LogP contribution in [-0.2, 0) is 11.3 Å². The zero-order valence-electron chi connectivity index (χ0n) is 9.44. The van der Waals surface area contributed by atoms with E-state index in [1.54, 1.807) is 0 Å². The Balaban J connectivity index is 2.36. The van der Waals surface area contributed by atoms with Crippen molar-refractivity contribution in [3.63, 3.8) is 0 Å². The van der Waals surface area contributed by atoms with Gasteiger partial charge in [-0.15, -0.1) is 0 Å². The van der Waals surface area contributed by atoms with Gasteiger partial charge in [-0.05, 0) is 18.9 Å². The lowest BCUT2D eigenvalue weighted by Crippen LogP contribution is -2.43. The first-order chi connectivity index (χ1) is 7.27. The fourth-order valence-corrected chi connectivity index (χ4v) is 1.50. The molecule has 3 nitrogen and oxygen atoms in total. The average Bonchev–Trinajstić information content (AvgIpc) is 2.29. The molecule has 0 heterocycles. The molecule has 15 heavy (non-hydrogen) atoms. The van der Waals surface area contributed by atoms with Gasteiger partial charge >= 0.3 is 0 Å². The molecule has 1 aromatic carbocycles. The molecule has 1 aromatic rings. The summed E-state index contributed by atoms with van der Waals surface area (Å²) in [7, 11) is 0. The number of benzene rings is 1. The lowest BCUT2D eigenvalue weighted by molar-refractivity contribution is 0.0261. The minimum absolute atomic E-state index is 0.125. The normalized spacial score (nSPS) is 14.9. The summed E-state index contributed by atoms with van der Waals surface area (Å²) in [6, 6.07) is 10.4. The van der Waals surface area contributed by atoms with E-state index >= 15 is 0 Å². The van der Waals surface area contributed by atoms with E-state index in [9.17, 15) is 0 Å². The fraction of sp³-hybridized carbons (Fsp3) is 0.500. The average molecular weight is 208 g/mol. The predicted octanol–water partition coefficient (Wildman–Crippen LogP) is 1.83. The molecule has 0 spiro atoms. The van der Waals surface area contributed by atoms with Gasteiger partial charge in [-0.3, -0.25) is 11.3 Å². The van der Waals surface area contributed by atoms with Crippen molar-refractivity contribution in [1.29, 1.82) is 0 Å². The van der Waals surface area contributed by atoms with E-state index in [0.29, 0.717) is 6.61 Å². The van der Waals surface area contributed by atoms with Crippen molar-refractivity contribution in [3.05, 3.63) is 35.9 Å². The largest absolute Gasteiger partial charge is 0.372 e. The van der Waals surface area contributed by atoms with Crippen LogP contribution in [0.5, 0.6) is 0 Å². The molecule has 2 atom stereocenters. The molecule has 3 N–H and O–H groups in total. The number of hydrazine groups is 1. The minimum atomic E-state index is 0.125. The van der Waals surface area contributed by atoms with E-state index in [1.165, 1.54) is 5.56 Å². The molecule has 84 valence electrons. The standard InChI is InChI=1S/C12H20N2O/c1-3-12(14-13)10(2)15-9-11-7-5-4-6-8-11/h4-8,10,12,14H,3,9,13H2,1-2H3/t10-,12-/m1/s1. The molecule has 3 heteroatoms. The molecule has 0 fully saturated rings. The van der Waals surface area contributed by atoms with E-state index in [1.807, 2.05) is 25.1 Å². The van der Waals surface area contributed by atoms with Crippen molar-refractivity contribution < 1.29 is 4.74 Å². The maximum absolute atomic E-state index is 5.73. The van der Waals surface area contributed by atoms with Crippen LogP contribution in [0.4, 0.5) is 0 Å². The summed E-state index contributed by atoms with van der Waals surface area (Å²) in [6.07, 6.45) is 1.09. The van der Waals surface area contributed by atoms with Crippen LogP contribution >= 0.6 is 0 Å². The van der Waals surface area contributed by atoms with E-state index in [4.69, 9.17) is 10.6 Å². The smallest absolute Gasteiger partial charge is 0.0721 e. The quantitative estimate of drug-likeness (QED) is 0.554. The second kappa shape index (κ2) is 6.56. The molecule has 0 aliphatic rings. The fourth-order valence-electron chi connectivity index (χ4n) is 1.50. The minimum Gasteiger partial charge on any atom is -0.372 e. The van der Waals surface area contributed by atoms with Crippen LogP contribution in [0.3, 0.4) is 0 Å². The van der Waals surface area contributed by atoms with Crippen molar-refractivity contribution >= 4 is 0 Å². The van der Waals surface area contributed by atoms with Gasteiger partial charge in [-0.2, -0.15) is 0 Å². The Labute approximate surface area is 91.6 Å². The summed E-state index contributed by atoms with van der Waals surface area (Å²) in [5.74, 6) is 5.42. The highest BCUT2D eigenvalue weighted by Gasteiger charge is 2.13. The molecule has 0 saturated carbocycles. The van der Waals surface area contributed by atoms with Gasteiger partial charge in [0.15, 0.2) is 0 Å². The van der Waals surface area contributed by atoms with Crippen LogP contribution in [0.2, 0.25) is 0 Å². The van der Waals surface area contributed by atoms with Crippen LogP contribution in [0, 0.1) is 0 Å². The van der Waals surface area contributed by atoms with E-state index in [0.717, 1.165) is 6.42 Å². The summed E-state index contributed by atoms with van der Waals surface area (Å²) in [6.45, 7) is 4.77. The number of hydrogen-bond donors (Lipinski definition) is 2. The Morgan fingerprint density at radius 2 is 2.00 bits per heavy atom. The molecule has 0 aliphatic carbocycles. The molecular weight excluding hydrogens is 188 g/mol. The Morgan fingerprint density at radius 3 is 2.53 bits per heavy atom. The summed E-state index contributed by atoms with van der Waals surface area (Å²) >= 11 is 0. The van der Waals surface area contributed by atoms with Crippen molar-refractivity contribution in [1.82, 2.24) is 5.43 Å². The topological polar surface area (TPSA) is 47.3 Å². The van der Waals surface area contributed by atoms with Gasteiger partial charge in [0.2, 0.25) is 0 Å². The lowest BCUT2D eigenvalue weighted by Gasteiger charge is -2.22. The highest BCUT2D eigenvalue weighted by atomic mass is 16.5. The van der Waals surface area contributed by atoms with Crippen LogP contribution in [0.25, 0.3) is 0 Å². The molecule has 0 unspecified atom stereocenters.